The van der Waals surface area contributed by atoms with Crippen LogP contribution in [0.1, 0.15) is 5.56 Å². The van der Waals surface area contributed by atoms with E-state index in [0.717, 1.165) is 5.56 Å². The molecule has 0 aliphatic carbocycles. The van der Waals surface area contributed by atoms with Crippen molar-refractivity contribution in [3.05, 3.63) is 41.6 Å². The van der Waals surface area contributed by atoms with E-state index in [9.17, 15) is 9.59 Å². The molecule has 0 unspecified atom stereocenters. The van der Waals surface area contributed by atoms with Crippen LogP contribution in [0.2, 0.25) is 0 Å². The smallest absolute Gasteiger partial charge is 0.666 e. The van der Waals surface area contributed by atoms with Crippen molar-refractivity contribution in [1.29, 1.82) is 0 Å². The van der Waals surface area contributed by atoms with Crippen LogP contribution in [-0.2, 0) is 16.1 Å². The van der Waals surface area contributed by atoms with E-state index in [-0.39, 0.29) is 75.6 Å². The molecule has 1 atom stereocenters. The molecule has 0 heterocycles. The van der Waals surface area contributed by atoms with Gasteiger partial charge in [-0.3, -0.25) is 9.59 Å². The van der Waals surface area contributed by atoms with Gasteiger partial charge in [0, 0.05) is 6.54 Å². The summed E-state index contributed by atoms with van der Waals surface area (Å²) in [5, 5.41) is 2.76. The van der Waals surface area contributed by atoms with E-state index in [2.05, 4.69) is 5.32 Å². The second kappa shape index (κ2) is 11.0. The summed E-state index contributed by atoms with van der Waals surface area (Å²) in [6.07, 6.45) is 0. The van der Waals surface area contributed by atoms with Gasteiger partial charge in [0.1, 0.15) is 0 Å². The van der Waals surface area contributed by atoms with Crippen LogP contribution in [0.5, 0.6) is 0 Å². The normalized spacial score (nSPS) is 11.2. The second-order valence-electron chi connectivity index (χ2n) is 3.73. The molecule has 0 aromatic heterocycles. The quantitative estimate of drug-likeness (QED) is 0.591. The molecule has 0 saturated carbocycles. The largest absolute Gasteiger partial charge is 1.00 e. The number of rotatable bonds is 7. The fourth-order valence-corrected chi connectivity index (χ4v) is 2.00. The number of hydrogen-bond acceptors (Lipinski definition) is 3. The molecule has 1 rings (SSSR count). The van der Waals surface area contributed by atoms with E-state index >= 15 is 0 Å². The summed E-state index contributed by atoms with van der Waals surface area (Å²) < 4.78 is 0. The Hall–Kier alpha value is 0.275. The maximum atomic E-state index is 11.5. The number of nitrogens with one attached hydrogen (secondary N) is 2. The molecule has 1 aromatic carbocycles. The van der Waals surface area contributed by atoms with E-state index in [4.69, 9.17) is 11.5 Å². The molecule has 7 heteroatoms. The third-order valence-electron chi connectivity index (χ3n) is 2.19. The van der Waals surface area contributed by atoms with Crippen molar-refractivity contribution in [2.24, 2.45) is 5.73 Å². The van der Waals surface area contributed by atoms with E-state index in [1.165, 1.54) is 11.8 Å². The van der Waals surface area contributed by atoms with Gasteiger partial charge < -0.3 is 16.8 Å². The Bertz CT molecular complexity index is 403. The van der Waals surface area contributed by atoms with Gasteiger partial charge in [0.2, 0.25) is 5.91 Å². The summed E-state index contributed by atoms with van der Waals surface area (Å²) in [7, 11) is 0. The summed E-state index contributed by atoms with van der Waals surface area (Å²) in [6, 6.07) is 8.65. The van der Waals surface area contributed by atoms with Crippen molar-refractivity contribution < 1.29 is 67.8 Å². The van der Waals surface area contributed by atoms with Crippen LogP contribution in [0.3, 0.4) is 0 Å². The molecule has 0 saturated heterocycles. The van der Waals surface area contributed by atoms with Gasteiger partial charge in [-0.1, -0.05) is 30.3 Å². The van der Waals surface area contributed by atoms with E-state index in [1.54, 1.807) is 0 Å². The third kappa shape index (κ3) is 8.94. The van der Waals surface area contributed by atoms with Gasteiger partial charge in [0.15, 0.2) is 5.91 Å². The zero-order valence-corrected chi connectivity index (χ0v) is 16.6. The number of benzene rings is 1. The molecule has 0 aliphatic heterocycles. The minimum atomic E-state index is -0.947. The summed E-state index contributed by atoms with van der Waals surface area (Å²) >= 11 is 1.23. The first-order valence-electron chi connectivity index (χ1n) is 5.48. The average Bonchev–Trinajstić information content (AvgIpc) is 2.37. The number of hydrogen-bond donors (Lipinski definition) is 2. The topological polar surface area (TPSA) is 96.0 Å². The molecule has 5 nitrogen and oxygen atoms in total. The number of primary amides is 1. The Morgan fingerprint density at radius 3 is 2.53 bits per heavy atom. The van der Waals surface area contributed by atoms with Crippen molar-refractivity contribution in [3.63, 3.8) is 0 Å². The van der Waals surface area contributed by atoms with Crippen molar-refractivity contribution >= 4 is 23.6 Å². The minimum absolute atomic E-state index is 0. The molecule has 0 aliphatic rings. The maximum absolute atomic E-state index is 11.5. The van der Waals surface area contributed by atoms with Crippen LogP contribution in [0.4, 0.5) is 0 Å². The van der Waals surface area contributed by atoms with Crippen LogP contribution in [0.15, 0.2) is 30.3 Å². The molecule has 19 heavy (non-hydrogen) atoms. The molecule has 0 fully saturated rings. The predicted octanol–water partition coefficient (Wildman–Crippen LogP) is -2.05. The number of amides is 2. The number of nitrogens with two attached hydrogens (primary N) is 1. The summed E-state index contributed by atoms with van der Waals surface area (Å²) in [6.45, 7) is 0.486. The fraction of sp³-hybridized carbons (Fsp3) is 0.333. The first-order valence-corrected chi connectivity index (χ1v) is 6.64. The molecule has 0 radical (unpaired) electrons. The maximum Gasteiger partial charge on any atom is 1.00 e. The van der Waals surface area contributed by atoms with Crippen LogP contribution in [-0.4, -0.2) is 29.4 Å². The van der Waals surface area contributed by atoms with Crippen LogP contribution in [0, 0.1) is 0 Å². The molecule has 98 valence electrons. The fourth-order valence-electron chi connectivity index (χ4n) is 1.20. The van der Waals surface area contributed by atoms with E-state index in [1.807, 2.05) is 30.3 Å². The Morgan fingerprint density at radius 1 is 1.32 bits per heavy atom. The van der Waals surface area contributed by atoms with Crippen molar-refractivity contribution in [2.45, 2.75) is 12.6 Å². The van der Waals surface area contributed by atoms with Crippen LogP contribution >= 0.6 is 11.8 Å². The van der Waals surface area contributed by atoms with Gasteiger partial charge >= 0.3 is 58.2 Å². The number of thioether (sulfide) groups is 1. The first-order chi connectivity index (χ1) is 8.59. The van der Waals surface area contributed by atoms with Gasteiger partial charge in [-0.2, -0.15) is 11.8 Å². The standard InChI is InChI=1S/C12H16N3O2S.Rb/c13-10(12(14)17)7-18-8-11(16)15-6-9-4-2-1-3-5-9;/h1-5,10,13H,6-8H2,(H2,14,17)(H,15,16);/q-1;+1/t10-;/m0./s1. The zero-order valence-electron chi connectivity index (χ0n) is 10.9. The molecule has 4 N–H and O–H groups in total. The Labute approximate surface area is 166 Å². The average molecular weight is 352 g/mol. The third-order valence-corrected chi connectivity index (χ3v) is 3.23. The van der Waals surface area contributed by atoms with Crippen molar-refractivity contribution in [3.8, 4) is 0 Å². The van der Waals surface area contributed by atoms with Crippen molar-refractivity contribution in [2.75, 3.05) is 11.5 Å². The molecular weight excluding hydrogens is 336 g/mol. The Balaban J connectivity index is 0.00000324. The SMILES string of the molecule is [NH-][C@@H](CSCC(=O)NCc1ccccc1)C(N)=O.[Rb+]. The molecule has 0 bridgehead atoms. The van der Waals surface area contributed by atoms with Gasteiger partial charge in [-0.25, -0.2) is 0 Å². The second-order valence-corrected chi connectivity index (χ2v) is 4.76. The van der Waals surface area contributed by atoms with Gasteiger partial charge in [0.05, 0.1) is 5.75 Å². The number of carbonyl (C=O) groups excluding carboxylic acids is 2. The van der Waals surface area contributed by atoms with E-state index < -0.39 is 11.9 Å². The summed E-state index contributed by atoms with van der Waals surface area (Å²) in [5.74, 6) is -0.295. The first kappa shape index (κ1) is 19.3. The molecule has 1 aromatic rings. The molecule has 2 amide bonds. The van der Waals surface area contributed by atoms with Gasteiger partial charge in [-0.05, 0) is 17.4 Å². The van der Waals surface area contributed by atoms with Crippen LogP contribution in [0.25, 0.3) is 5.73 Å². The van der Waals surface area contributed by atoms with Crippen molar-refractivity contribution in [1.82, 2.24) is 5.32 Å². The minimum Gasteiger partial charge on any atom is -0.666 e. The molecule has 0 spiro atoms. The summed E-state index contributed by atoms with van der Waals surface area (Å²) in [4.78, 5) is 22.1. The summed E-state index contributed by atoms with van der Waals surface area (Å²) in [5.41, 5.74) is 13.3. The van der Waals surface area contributed by atoms with Gasteiger partial charge in [-0.15, -0.1) is 0 Å². The zero-order chi connectivity index (χ0) is 13.4. The van der Waals surface area contributed by atoms with Crippen LogP contribution < -0.4 is 69.2 Å². The Morgan fingerprint density at radius 2 is 1.95 bits per heavy atom. The Kier molecular flexibility index (Phi) is 11.2. The molecular formula is C12H16N3O2RbS. The van der Waals surface area contributed by atoms with E-state index in [0.29, 0.717) is 6.54 Å². The monoisotopic (exact) mass is 351 g/mol. The number of carbonyl (C=O) groups is 2. The van der Waals surface area contributed by atoms with Gasteiger partial charge in [0.25, 0.3) is 0 Å². The predicted molar refractivity (Wildman–Crippen MR) is 72.9 cm³/mol.